The minimum atomic E-state index is -1.74. The number of hydrogen-bond donors (Lipinski definition) is 3. The van der Waals surface area contributed by atoms with Gasteiger partial charge in [0.2, 0.25) is 5.91 Å². The topological polar surface area (TPSA) is 137 Å². The number of amidine groups is 1. The van der Waals surface area contributed by atoms with Gasteiger partial charge in [-0.15, -0.1) is 0 Å². The van der Waals surface area contributed by atoms with Gasteiger partial charge in [0.25, 0.3) is 5.91 Å². The Balaban J connectivity index is 2.23. The van der Waals surface area contributed by atoms with Gasteiger partial charge in [0.1, 0.15) is 11.7 Å². The molecule has 3 amide bonds. The smallest absolute Gasteiger partial charge is 0.396 e. The average molecular weight is 422 g/mol. The molecule has 1 aliphatic heterocycles. The first-order valence-corrected chi connectivity index (χ1v) is 8.94. The number of methoxy groups -OCH3 is 1. The Hall–Kier alpha value is -3.34. The molecule has 3 N–H and O–H groups in total. The minimum Gasteiger partial charge on any atom is -0.462 e. The lowest BCUT2D eigenvalue weighted by Crippen LogP contribution is -2.63. The van der Waals surface area contributed by atoms with Crippen molar-refractivity contribution in [2.24, 2.45) is 4.99 Å². The van der Waals surface area contributed by atoms with Crippen molar-refractivity contribution in [3.8, 4) is 0 Å². The van der Waals surface area contributed by atoms with Crippen LogP contribution in [0.15, 0.2) is 29.3 Å². The number of carbonyl (C=O) groups excluding carboxylic acids is 4. The highest BCUT2D eigenvalue weighted by Gasteiger charge is 2.44. The minimum absolute atomic E-state index is 0.0275. The predicted molar refractivity (Wildman–Crippen MR) is 102 cm³/mol. The SMILES string of the molecule is COC(=O)C(=O)NC(C)(C)C1=NC(C(=O)NCc2ccc(F)cc2)C(O)C(=O)N1C. The normalized spacial score (nSPS) is 19.1. The Morgan fingerprint density at radius 2 is 1.87 bits per heavy atom. The molecule has 2 rings (SSSR count). The second-order valence-corrected chi connectivity index (χ2v) is 7.15. The Labute approximate surface area is 172 Å². The van der Waals surface area contributed by atoms with Crippen molar-refractivity contribution in [1.29, 1.82) is 0 Å². The zero-order valence-electron chi connectivity index (χ0n) is 16.9. The van der Waals surface area contributed by atoms with Gasteiger partial charge in [-0.3, -0.25) is 24.3 Å². The van der Waals surface area contributed by atoms with Gasteiger partial charge in [0, 0.05) is 13.6 Å². The number of aliphatic hydroxyl groups is 1. The molecular formula is C19H23FN4O6. The lowest BCUT2D eigenvalue weighted by molar-refractivity contribution is -0.153. The lowest BCUT2D eigenvalue weighted by Gasteiger charge is -2.38. The van der Waals surface area contributed by atoms with E-state index in [2.05, 4.69) is 20.4 Å². The molecule has 1 aliphatic rings. The largest absolute Gasteiger partial charge is 0.462 e. The molecule has 0 radical (unpaired) electrons. The predicted octanol–water partition coefficient (Wildman–Crippen LogP) is -0.890. The first-order chi connectivity index (χ1) is 14.0. The zero-order valence-corrected chi connectivity index (χ0v) is 16.9. The maximum atomic E-state index is 13.0. The molecule has 11 heteroatoms. The number of ether oxygens (including phenoxy) is 1. The summed E-state index contributed by atoms with van der Waals surface area (Å²) in [7, 11) is 2.36. The number of halogens is 1. The average Bonchev–Trinajstić information content (AvgIpc) is 2.70. The van der Waals surface area contributed by atoms with Gasteiger partial charge in [-0.2, -0.15) is 0 Å². The number of nitrogens with zero attached hydrogens (tertiary/aromatic N) is 2. The summed E-state index contributed by atoms with van der Waals surface area (Å²) in [6, 6.07) is 3.95. The third-order valence-electron chi connectivity index (χ3n) is 4.47. The standard InChI is InChI=1S/C19H23FN4O6/c1-19(2,23-15(27)17(29)30-4)18-22-12(13(25)16(28)24(18)3)14(26)21-9-10-5-7-11(20)8-6-10/h5-8,12-13,25H,9H2,1-4H3,(H,21,26)(H,23,27). The van der Waals surface area contributed by atoms with Gasteiger partial charge in [-0.05, 0) is 31.5 Å². The second-order valence-electron chi connectivity index (χ2n) is 7.15. The van der Waals surface area contributed by atoms with Gasteiger partial charge in [0.05, 0.1) is 12.6 Å². The van der Waals surface area contributed by atoms with Crippen LogP contribution in [0.5, 0.6) is 0 Å². The molecule has 0 saturated heterocycles. The van der Waals surface area contributed by atoms with Crippen molar-refractivity contribution in [1.82, 2.24) is 15.5 Å². The van der Waals surface area contributed by atoms with Crippen LogP contribution in [-0.4, -0.2) is 71.4 Å². The fourth-order valence-electron chi connectivity index (χ4n) is 2.89. The number of aliphatic imine (C=N–C) groups is 1. The highest BCUT2D eigenvalue weighted by molar-refractivity contribution is 6.33. The van der Waals surface area contributed by atoms with E-state index < -0.39 is 47.2 Å². The number of carbonyl (C=O) groups is 4. The van der Waals surface area contributed by atoms with Gasteiger partial charge in [0.15, 0.2) is 12.1 Å². The van der Waals surface area contributed by atoms with E-state index in [1.165, 1.54) is 45.2 Å². The Morgan fingerprint density at radius 3 is 2.43 bits per heavy atom. The lowest BCUT2D eigenvalue weighted by atomic mass is 9.97. The van der Waals surface area contributed by atoms with Crippen molar-refractivity contribution >= 4 is 29.5 Å². The number of benzene rings is 1. The van der Waals surface area contributed by atoms with Gasteiger partial charge in [-0.1, -0.05) is 12.1 Å². The molecule has 10 nitrogen and oxygen atoms in total. The summed E-state index contributed by atoms with van der Waals surface area (Å²) in [5, 5.41) is 15.1. The molecule has 0 bridgehead atoms. The van der Waals surface area contributed by atoms with E-state index in [4.69, 9.17) is 0 Å². The fourth-order valence-corrected chi connectivity index (χ4v) is 2.89. The summed E-state index contributed by atoms with van der Waals surface area (Å²) < 4.78 is 17.3. The van der Waals surface area contributed by atoms with E-state index in [-0.39, 0.29) is 12.4 Å². The number of esters is 1. The summed E-state index contributed by atoms with van der Waals surface area (Å²) in [6.07, 6.45) is -1.74. The first-order valence-electron chi connectivity index (χ1n) is 8.94. The van der Waals surface area contributed by atoms with E-state index in [9.17, 15) is 28.7 Å². The second kappa shape index (κ2) is 8.99. The van der Waals surface area contributed by atoms with Gasteiger partial charge < -0.3 is 20.5 Å². The molecule has 1 aromatic carbocycles. The quantitative estimate of drug-likeness (QED) is 0.416. The van der Waals surface area contributed by atoms with Crippen LogP contribution in [0.1, 0.15) is 19.4 Å². The Bertz CT molecular complexity index is 884. The van der Waals surface area contributed by atoms with Crippen molar-refractivity contribution in [2.75, 3.05) is 14.2 Å². The van der Waals surface area contributed by atoms with Crippen LogP contribution in [0.3, 0.4) is 0 Å². The van der Waals surface area contributed by atoms with Crippen LogP contribution in [-0.2, 0) is 30.5 Å². The summed E-state index contributed by atoms with van der Waals surface area (Å²) in [4.78, 5) is 53.5. The molecule has 0 saturated carbocycles. The highest BCUT2D eigenvalue weighted by atomic mass is 19.1. The summed E-state index contributed by atoms with van der Waals surface area (Å²) in [6.45, 7) is 2.98. The van der Waals surface area contributed by atoms with Gasteiger partial charge in [-0.25, -0.2) is 9.18 Å². The molecule has 30 heavy (non-hydrogen) atoms. The molecule has 2 unspecified atom stereocenters. The number of hydrogen-bond acceptors (Lipinski definition) is 7. The zero-order chi connectivity index (χ0) is 22.6. The molecule has 1 aromatic rings. The summed E-state index contributed by atoms with van der Waals surface area (Å²) in [5.74, 6) is -4.19. The van der Waals surface area contributed by atoms with Crippen LogP contribution >= 0.6 is 0 Å². The van der Waals surface area contributed by atoms with Crippen molar-refractivity contribution < 1.29 is 33.4 Å². The molecular weight excluding hydrogens is 399 g/mol. The van der Waals surface area contributed by atoms with Crippen molar-refractivity contribution in [3.63, 3.8) is 0 Å². The summed E-state index contributed by atoms with van der Waals surface area (Å²) >= 11 is 0. The van der Waals surface area contributed by atoms with E-state index in [0.29, 0.717) is 5.56 Å². The molecule has 0 aromatic heterocycles. The van der Waals surface area contributed by atoms with Crippen LogP contribution in [0.2, 0.25) is 0 Å². The third kappa shape index (κ3) is 4.98. The molecule has 2 atom stereocenters. The van der Waals surface area contributed by atoms with E-state index in [0.717, 1.165) is 12.0 Å². The van der Waals surface area contributed by atoms with Crippen LogP contribution in [0, 0.1) is 5.82 Å². The first kappa shape index (κ1) is 22.9. The number of amides is 3. The van der Waals surface area contributed by atoms with E-state index in [1.54, 1.807) is 0 Å². The van der Waals surface area contributed by atoms with Crippen LogP contribution in [0.4, 0.5) is 4.39 Å². The Kier molecular flexibility index (Phi) is 6.88. The van der Waals surface area contributed by atoms with Crippen LogP contribution in [0.25, 0.3) is 0 Å². The number of rotatable bonds is 5. The van der Waals surface area contributed by atoms with Crippen molar-refractivity contribution in [2.45, 2.75) is 38.1 Å². The van der Waals surface area contributed by atoms with Crippen molar-refractivity contribution in [3.05, 3.63) is 35.6 Å². The maximum Gasteiger partial charge on any atom is 0.396 e. The molecule has 0 fully saturated rings. The highest BCUT2D eigenvalue weighted by Crippen LogP contribution is 2.19. The molecule has 0 spiro atoms. The van der Waals surface area contributed by atoms with Gasteiger partial charge >= 0.3 is 11.9 Å². The van der Waals surface area contributed by atoms with E-state index >= 15 is 0 Å². The summed E-state index contributed by atoms with van der Waals surface area (Å²) in [5.41, 5.74) is -0.737. The number of likely N-dealkylation sites (N-methyl/N-ethyl adjacent to an activating group) is 1. The molecule has 162 valence electrons. The molecule has 0 aliphatic carbocycles. The monoisotopic (exact) mass is 422 g/mol. The third-order valence-corrected chi connectivity index (χ3v) is 4.47. The fraction of sp³-hybridized carbons (Fsp3) is 0.421. The number of aliphatic hydroxyl groups excluding tert-OH is 1. The molecule has 1 heterocycles. The Morgan fingerprint density at radius 1 is 1.27 bits per heavy atom. The van der Waals surface area contributed by atoms with E-state index in [1.807, 2.05) is 0 Å². The maximum absolute atomic E-state index is 13.0. The number of nitrogens with one attached hydrogen (secondary N) is 2. The van der Waals surface area contributed by atoms with Crippen LogP contribution < -0.4 is 10.6 Å².